The van der Waals surface area contributed by atoms with Gasteiger partial charge in [-0.15, -0.1) is 0 Å². The first-order chi connectivity index (χ1) is 12.5. The van der Waals surface area contributed by atoms with Gasteiger partial charge in [0.1, 0.15) is 0 Å². The van der Waals surface area contributed by atoms with Gasteiger partial charge in [0, 0.05) is 25.3 Å². The maximum atomic E-state index is 12.6. The predicted octanol–water partition coefficient (Wildman–Crippen LogP) is 3.56. The second kappa shape index (κ2) is 10.1. The lowest BCUT2D eigenvalue weighted by atomic mass is 9.98. The van der Waals surface area contributed by atoms with Crippen LogP contribution in [0.4, 0.5) is 5.69 Å². The van der Waals surface area contributed by atoms with Gasteiger partial charge in [0.2, 0.25) is 5.91 Å². The van der Waals surface area contributed by atoms with Gasteiger partial charge in [0.25, 0.3) is 0 Å². The van der Waals surface area contributed by atoms with E-state index in [2.05, 4.69) is 42.3 Å². The monoisotopic (exact) mass is 353 g/mol. The molecule has 0 aliphatic carbocycles. The third-order valence-electron chi connectivity index (χ3n) is 4.56. The maximum absolute atomic E-state index is 12.6. The quantitative estimate of drug-likeness (QED) is 0.725. The predicted molar refractivity (Wildman–Crippen MR) is 110 cm³/mol. The Morgan fingerprint density at radius 2 is 1.81 bits per heavy atom. The minimum absolute atomic E-state index is 0.0164. The van der Waals surface area contributed by atoms with E-state index in [1.807, 2.05) is 37.3 Å². The van der Waals surface area contributed by atoms with Crippen LogP contribution in [0.5, 0.6) is 0 Å². The zero-order valence-electron chi connectivity index (χ0n) is 16.2. The van der Waals surface area contributed by atoms with Crippen LogP contribution in [-0.2, 0) is 11.2 Å². The van der Waals surface area contributed by atoms with Crippen LogP contribution < -0.4 is 11.1 Å². The molecular formula is C22H31N3O. The number of para-hydroxylation sites is 1. The van der Waals surface area contributed by atoms with E-state index in [0.717, 1.165) is 24.2 Å². The second-order valence-electron chi connectivity index (χ2n) is 7.04. The van der Waals surface area contributed by atoms with Crippen molar-refractivity contribution in [2.75, 3.05) is 31.5 Å². The van der Waals surface area contributed by atoms with Gasteiger partial charge in [-0.2, -0.15) is 0 Å². The van der Waals surface area contributed by atoms with E-state index >= 15 is 0 Å². The number of aryl methyl sites for hydroxylation is 1. The third-order valence-corrected chi connectivity index (χ3v) is 4.56. The lowest BCUT2D eigenvalue weighted by molar-refractivity contribution is -0.117. The molecule has 2 aromatic carbocycles. The van der Waals surface area contributed by atoms with E-state index in [-0.39, 0.29) is 5.91 Å². The van der Waals surface area contributed by atoms with E-state index in [1.54, 1.807) is 0 Å². The van der Waals surface area contributed by atoms with Crippen LogP contribution in [0.25, 0.3) is 0 Å². The number of carbonyl (C=O) groups excluding carboxylic acids is 1. The summed E-state index contributed by atoms with van der Waals surface area (Å²) in [4.78, 5) is 14.8. The summed E-state index contributed by atoms with van der Waals surface area (Å²) in [6.45, 7) is 8.76. The summed E-state index contributed by atoms with van der Waals surface area (Å²) in [5.41, 5.74) is 10.2. The minimum Gasteiger partial charge on any atom is -0.329 e. The number of nitrogens with zero attached hydrogens (tertiary/aromatic N) is 1. The number of benzene rings is 2. The van der Waals surface area contributed by atoms with Crippen molar-refractivity contribution in [3.8, 4) is 0 Å². The van der Waals surface area contributed by atoms with Crippen LogP contribution in [0.3, 0.4) is 0 Å². The van der Waals surface area contributed by atoms with Crippen molar-refractivity contribution in [1.82, 2.24) is 4.90 Å². The lowest BCUT2D eigenvalue weighted by Gasteiger charge is -2.22. The number of rotatable bonds is 9. The first-order valence-electron chi connectivity index (χ1n) is 9.37. The lowest BCUT2D eigenvalue weighted by Crippen LogP contribution is -2.38. The molecule has 26 heavy (non-hydrogen) atoms. The average Bonchev–Trinajstić information content (AvgIpc) is 2.62. The summed E-state index contributed by atoms with van der Waals surface area (Å²) < 4.78 is 0. The molecule has 0 heterocycles. The van der Waals surface area contributed by atoms with E-state index in [9.17, 15) is 4.79 Å². The molecule has 4 nitrogen and oxygen atoms in total. The largest absolute Gasteiger partial charge is 0.329 e. The molecule has 0 saturated heterocycles. The van der Waals surface area contributed by atoms with Crippen LogP contribution in [0.1, 0.15) is 36.5 Å². The van der Waals surface area contributed by atoms with Crippen LogP contribution in [0.2, 0.25) is 0 Å². The summed E-state index contributed by atoms with van der Waals surface area (Å²) in [7, 11) is 0. The highest BCUT2D eigenvalue weighted by atomic mass is 16.2. The highest BCUT2D eigenvalue weighted by Gasteiger charge is 2.15. The zero-order valence-corrected chi connectivity index (χ0v) is 16.2. The Balaban J connectivity index is 1.99. The van der Waals surface area contributed by atoms with Gasteiger partial charge >= 0.3 is 0 Å². The van der Waals surface area contributed by atoms with Crippen molar-refractivity contribution in [3.63, 3.8) is 0 Å². The number of amides is 1. The molecule has 0 atom stereocenters. The standard InChI is InChI=1S/C22H31N3O/c1-17(2)20-11-7-8-18(3)22(20)24-21(26)16-25(15-13-23)14-12-19-9-5-4-6-10-19/h4-11,17H,12-16,23H2,1-3H3,(H,24,26). The Kier molecular flexibility index (Phi) is 7.82. The molecule has 0 aliphatic rings. The Hall–Kier alpha value is -2.17. The fourth-order valence-electron chi connectivity index (χ4n) is 3.11. The first kappa shape index (κ1) is 20.1. The molecule has 0 radical (unpaired) electrons. The second-order valence-corrected chi connectivity index (χ2v) is 7.04. The van der Waals surface area contributed by atoms with Crippen LogP contribution in [0.15, 0.2) is 48.5 Å². The van der Waals surface area contributed by atoms with Gasteiger partial charge < -0.3 is 11.1 Å². The number of hydrogen-bond acceptors (Lipinski definition) is 3. The molecule has 2 aromatic rings. The molecule has 140 valence electrons. The Labute approximate surface area is 157 Å². The third kappa shape index (κ3) is 5.97. The molecule has 2 rings (SSSR count). The molecule has 0 fully saturated rings. The summed E-state index contributed by atoms with van der Waals surface area (Å²) in [6, 6.07) is 16.5. The van der Waals surface area contributed by atoms with E-state index in [0.29, 0.717) is 25.6 Å². The normalized spacial score (nSPS) is 11.2. The number of nitrogens with one attached hydrogen (secondary N) is 1. The van der Waals surface area contributed by atoms with Crippen molar-refractivity contribution in [2.24, 2.45) is 5.73 Å². The molecule has 0 saturated carbocycles. The van der Waals surface area contributed by atoms with Gasteiger partial charge in [-0.3, -0.25) is 9.69 Å². The van der Waals surface area contributed by atoms with Gasteiger partial charge in [0.15, 0.2) is 0 Å². The van der Waals surface area contributed by atoms with E-state index in [1.165, 1.54) is 11.1 Å². The molecule has 0 unspecified atom stereocenters. The Morgan fingerprint density at radius 1 is 1.08 bits per heavy atom. The summed E-state index contributed by atoms with van der Waals surface area (Å²) >= 11 is 0. The van der Waals surface area contributed by atoms with Crippen molar-refractivity contribution >= 4 is 11.6 Å². The molecule has 0 aliphatic heterocycles. The molecule has 0 spiro atoms. The molecule has 1 amide bonds. The SMILES string of the molecule is Cc1cccc(C(C)C)c1NC(=O)CN(CCN)CCc1ccccc1. The van der Waals surface area contributed by atoms with Gasteiger partial charge in [-0.25, -0.2) is 0 Å². The van der Waals surface area contributed by atoms with Crippen LogP contribution in [-0.4, -0.2) is 37.0 Å². The molecule has 0 aromatic heterocycles. The zero-order chi connectivity index (χ0) is 18.9. The van der Waals surface area contributed by atoms with Crippen LogP contribution in [0, 0.1) is 6.92 Å². The maximum Gasteiger partial charge on any atom is 0.238 e. The molecular weight excluding hydrogens is 322 g/mol. The fraction of sp³-hybridized carbons (Fsp3) is 0.409. The topological polar surface area (TPSA) is 58.4 Å². The average molecular weight is 354 g/mol. The number of carbonyl (C=O) groups is 1. The fourth-order valence-corrected chi connectivity index (χ4v) is 3.11. The van der Waals surface area contributed by atoms with Crippen molar-refractivity contribution in [2.45, 2.75) is 33.1 Å². The summed E-state index contributed by atoms with van der Waals surface area (Å²) in [5.74, 6) is 0.381. The number of hydrogen-bond donors (Lipinski definition) is 2. The summed E-state index contributed by atoms with van der Waals surface area (Å²) in [6.07, 6.45) is 0.912. The van der Waals surface area contributed by atoms with Gasteiger partial charge in [-0.1, -0.05) is 62.4 Å². The Morgan fingerprint density at radius 3 is 2.46 bits per heavy atom. The van der Waals surface area contributed by atoms with Crippen molar-refractivity contribution in [1.29, 1.82) is 0 Å². The molecule has 4 heteroatoms. The number of nitrogens with two attached hydrogens (primary N) is 1. The first-order valence-corrected chi connectivity index (χ1v) is 9.37. The highest BCUT2D eigenvalue weighted by molar-refractivity contribution is 5.93. The number of anilines is 1. The highest BCUT2D eigenvalue weighted by Crippen LogP contribution is 2.27. The van der Waals surface area contributed by atoms with E-state index in [4.69, 9.17) is 5.73 Å². The van der Waals surface area contributed by atoms with Crippen molar-refractivity contribution in [3.05, 3.63) is 65.2 Å². The summed E-state index contributed by atoms with van der Waals surface area (Å²) in [5, 5.41) is 3.13. The minimum atomic E-state index is 0.0164. The van der Waals surface area contributed by atoms with Gasteiger partial charge in [-0.05, 0) is 36.0 Å². The smallest absolute Gasteiger partial charge is 0.238 e. The molecule has 3 N–H and O–H groups in total. The van der Waals surface area contributed by atoms with Crippen molar-refractivity contribution < 1.29 is 4.79 Å². The van der Waals surface area contributed by atoms with Crippen LogP contribution >= 0.6 is 0 Å². The van der Waals surface area contributed by atoms with Gasteiger partial charge in [0.05, 0.1) is 6.54 Å². The molecule has 0 bridgehead atoms. The Bertz CT molecular complexity index is 698. The van der Waals surface area contributed by atoms with E-state index < -0.39 is 0 Å².